The molecule has 0 amide bonds. The predicted octanol–water partition coefficient (Wildman–Crippen LogP) is 4.17. The molecule has 150 valence electrons. The highest BCUT2D eigenvalue weighted by Crippen LogP contribution is 2.27. The fourth-order valence-electron chi connectivity index (χ4n) is 3.71. The molecule has 1 fully saturated rings. The van der Waals surface area contributed by atoms with Crippen LogP contribution in [0.4, 0.5) is 23.1 Å². The summed E-state index contributed by atoms with van der Waals surface area (Å²) in [6, 6.07) is 16.3. The molecule has 1 aliphatic rings. The fraction of sp³-hybridized carbons (Fsp3) is 0.304. The molecular weight excluding hydrogens is 362 g/mol. The number of hydrogen-bond donors (Lipinski definition) is 1. The highest BCUT2D eigenvalue weighted by Gasteiger charge is 2.20. The summed E-state index contributed by atoms with van der Waals surface area (Å²) >= 11 is 0. The van der Waals surface area contributed by atoms with Gasteiger partial charge in [-0.25, -0.2) is 4.98 Å². The first-order valence-corrected chi connectivity index (χ1v) is 9.95. The lowest BCUT2D eigenvalue weighted by Crippen LogP contribution is -2.47. The van der Waals surface area contributed by atoms with E-state index in [1.165, 1.54) is 16.8 Å². The Morgan fingerprint density at radius 3 is 2.45 bits per heavy atom. The van der Waals surface area contributed by atoms with Crippen LogP contribution in [0.2, 0.25) is 0 Å². The number of anilines is 4. The van der Waals surface area contributed by atoms with Crippen molar-refractivity contribution >= 4 is 23.1 Å². The summed E-state index contributed by atoms with van der Waals surface area (Å²) in [6.07, 6.45) is 1.80. The van der Waals surface area contributed by atoms with Gasteiger partial charge in [0.05, 0.1) is 12.8 Å². The van der Waals surface area contributed by atoms with Crippen LogP contribution in [0.15, 0.2) is 54.7 Å². The lowest BCUT2D eigenvalue weighted by Gasteiger charge is -2.37. The lowest BCUT2D eigenvalue weighted by molar-refractivity contribution is 0.417. The van der Waals surface area contributed by atoms with E-state index in [4.69, 9.17) is 9.72 Å². The van der Waals surface area contributed by atoms with Crippen LogP contribution in [0.3, 0.4) is 0 Å². The van der Waals surface area contributed by atoms with Crippen molar-refractivity contribution in [3.05, 3.63) is 65.9 Å². The van der Waals surface area contributed by atoms with E-state index in [9.17, 15) is 0 Å². The Morgan fingerprint density at radius 2 is 1.66 bits per heavy atom. The predicted molar refractivity (Wildman–Crippen MR) is 119 cm³/mol. The number of nitrogens with zero attached hydrogens (tertiary/aromatic N) is 4. The second kappa shape index (κ2) is 8.39. The van der Waals surface area contributed by atoms with E-state index in [0.29, 0.717) is 5.95 Å². The van der Waals surface area contributed by atoms with Gasteiger partial charge in [-0.05, 0) is 49.2 Å². The Morgan fingerprint density at radius 1 is 0.897 bits per heavy atom. The third-order valence-corrected chi connectivity index (χ3v) is 5.51. The molecule has 6 nitrogen and oxygen atoms in total. The van der Waals surface area contributed by atoms with Gasteiger partial charge in [-0.1, -0.05) is 24.3 Å². The van der Waals surface area contributed by atoms with Gasteiger partial charge < -0.3 is 19.9 Å². The Bertz CT molecular complexity index is 983. The largest absolute Gasteiger partial charge is 0.495 e. The number of rotatable bonds is 5. The summed E-state index contributed by atoms with van der Waals surface area (Å²) in [6.45, 7) is 8.19. The lowest BCUT2D eigenvalue weighted by atomic mass is 10.1. The van der Waals surface area contributed by atoms with Crippen molar-refractivity contribution in [2.45, 2.75) is 13.8 Å². The molecule has 4 rings (SSSR count). The van der Waals surface area contributed by atoms with Crippen molar-refractivity contribution in [3.8, 4) is 5.75 Å². The van der Waals surface area contributed by atoms with Gasteiger partial charge in [0.1, 0.15) is 11.6 Å². The standard InChI is InChI=1S/C23H27N5O/c1-17-7-6-9-20(18(17)2)27-13-15-28(16-14-27)22-11-12-24-23(26-22)25-19-8-4-5-10-21(19)29-3/h4-12H,13-16H2,1-3H3,(H,24,25,26). The molecule has 3 aromatic rings. The summed E-state index contributed by atoms with van der Waals surface area (Å²) in [5.41, 5.74) is 4.90. The van der Waals surface area contributed by atoms with Crippen molar-refractivity contribution < 1.29 is 4.74 Å². The third kappa shape index (κ3) is 4.11. The molecule has 0 atom stereocenters. The maximum absolute atomic E-state index is 5.40. The second-order valence-electron chi connectivity index (χ2n) is 7.26. The van der Waals surface area contributed by atoms with E-state index < -0.39 is 0 Å². The first-order chi connectivity index (χ1) is 14.2. The molecule has 2 aromatic carbocycles. The molecule has 2 heterocycles. The number of aromatic nitrogens is 2. The summed E-state index contributed by atoms with van der Waals surface area (Å²) in [5.74, 6) is 2.28. The molecule has 0 aliphatic carbocycles. The topological polar surface area (TPSA) is 53.5 Å². The van der Waals surface area contributed by atoms with E-state index >= 15 is 0 Å². The number of aryl methyl sites for hydroxylation is 1. The van der Waals surface area contributed by atoms with Gasteiger partial charge in [-0.3, -0.25) is 0 Å². The summed E-state index contributed by atoms with van der Waals surface area (Å²) < 4.78 is 5.40. The highest BCUT2D eigenvalue weighted by molar-refractivity contribution is 5.63. The van der Waals surface area contributed by atoms with Crippen LogP contribution in [0.1, 0.15) is 11.1 Å². The number of nitrogens with one attached hydrogen (secondary N) is 1. The van der Waals surface area contributed by atoms with Crippen molar-refractivity contribution in [2.75, 3.05) is 48.4 Å². The van der Waals surface area contributed by atoms with Gasteiger partial charge in [-0.15, -0.1) is 0 Å². The van der Waals surface area contributed by atoms with Gasteiger partial charge in [0, 0.05) is 38.1 Å². The van der Waals surface area contributed by atoms with Crippen LogP contribution < -0.4 is 19.9 Å². The Kier molecular flexibility index (Phi) is 5.51. The Labute approximate surface area is 172 Å². The minimum Gasteiger partial charge on any atom is -0.495 e. The molecule has 0 radical (unpaired) electrons. The fourth-order valence-corrected chi connectivity index (χ4v) is 3.71. The summed E-state index contributed by atoms with van der Waals surface area (Å²) in [4.78, 5) is 13.9. The van der Waals surface area contributed by atoms with Gasteiger partial charge in [-0.2, -0.15) is 4.98 Å². The van der Waals surface area contributed by atoms with Crippen molar-refractivity contribution in [3.63, 3.8) is 0 Å². The second-order valence-corrected chi connectivity index (χ2v) is 7.26. The molecule has 1 N–H and O–H groups in total. The van der Waals surface area contributed by atoms with E-state index in [2.05, 4.69) is 52.1 Å². The van der Waals surface area contributed by atoms with E-state index in [1.807, 2.05) is 30.3 Å². The Hall–Kier alpha value is -3.28. The van der Waals surface area contributed by atoms with E-state index in [0.717, 1.165) is 43.4 Å². The van der Waals surface area contributed by atoms with Crippen LogP contribution in [0.5, 0.6) is 5.75 Å². The minimum atomic E-state index is 0.573. The van der Waals surface area contributed by atoms with E-state index in [-0.39, 0.29) is 0 Å². The zero-order valence-electron chi connectivity index (χ0n) is 17.2. The molecular formula is C23H27N5O. The average Bonchev–Trinajstić information content (AvgIpc) is 2.76. The quantitative estimate of drug-likeness (QED) is 0.707. The number of benzene rings is 2. The van der Waals surface area contributed by atoms with Gasteiger partial charge in [0.25, 0.3) is 0 Å². The average molecular weight is 390 g/mol. The number of para-hydroxylation sites is 2. The van der Waals surface area contributed by atoms with Gasteiger partial charge >= 0.3 is 0 Å². The molecule has 0 bridgehead atoms. The van der Waals surface area contributed by atoms with E-state index in [1.54, 1.807) is 13.3 Å². The monoisotopic (exact) mass is 389 g/mol. The molecule has 1 saturated heterocycles. The first-order valence-electron chi connectivity index (χ1n) is 9.95. The normalized spacial score (nSPS) is 14.0. The van der Waals surface area contributed by atoms with Crippen LogP contribution in [0.25, 0.3) is 0 Å². The SMILES string of the molecule is COc1ccccc1Nc1nccc(N2CCN(c3cccc(C)c3C)CC2)n1. The van der Waals surface area contributed by atoms with Crippen LogP contribution in [0, 0.1) is 13.8 Å². The molecule has 1 aromatic heterocycles. The number of ether oxygens (including phenoxy) is 1. The smallest absolute Gasteiger partial charge is 0.229 e. The highest BCUT2D eigenvalue weighted by atomic mass is 16.5. The molecule has 0 spiro atoms. The van der Waals surface area contributed by atoms with Crippen LogP contribution in [-0.4, -0.2) is 43.3 Å². The zero-order chi connectivity index (χ0) is 20.2. The Balaban J connectivity index is 1.45. The summed E-state index contributed by atoms with van der Waals surface area (Å²) in [5, 5.41) is 3.27. The van der Waals surface area contributed by atoms with Gasteiger partial charge in [0.2, 0.25) is 5.95 Å². The zero-order valence-corrected chi connectivity index (χ0v) is 17.2. The van der Waals surface area contributed by atoms with Crippen LogP contribution in [-0.2, 0) is 0 Å². The molecule has 1 aliphatic heterocycles. The maximum atomic E-state index is 5.40. The first kappa shape index (κ1) is 19.1. The minimum absolute atomic E-state index is 0.573. The molecule has 29 heavy (non-hydrogen) atoms. The van der Waals surface area contributed by atoms with Crippen LogP contribution >= 0.6 is 0 Å². The summed E-state index contributed by atoms with van der Waals surface area (Å²) in [7, 11) is 1.66. The van der Waals surface area contributed by atoms with Crippen molar-refractivity contribution in [1.29, 1.82) is 0 Å². The number of hydrogen-bond acceptors (Lipinski definition) is 6. The molecule has 0 saturated carbocycles. The third-order valence-electron chi connectivity index (χ3n) is 5.51. The van der Waals surface area contributed by atoms with Gasteiger partial charge in [0.15, 0.2) is 0 Å². The number of methoxy groups -OCH3 is 1. The maximum Gasteiger partial charge on any atom is 0.229 e. The number of piperazine rings is 1. The van der Waals surface area contributed by atoms with Crippen molar-refractivity contribution in [1.82, 2.24) is 9.97 Å². The van der Waals surface area contributed by atoms with Crippen molar-refractivity contribution in [2.24, 2.45) is 0 Å². The molecule has 6 heteroatoms. The molecule has 0 unspecified atom stereocenters.